The normalized spacial score (nSPS) is 11.9. The molecule has 8 nitrogen and oxygen atoms in total. The minimum Gasteiger partial charge on any atom is -0.387 e. The Balaban J connectivity index is 2.41. The molecule has 1 unspecified atom stereocenters. The van der Waals surface area contributed by atoms with Crippen LogP contribution in [0.2, 0.25) is 0 Å². The van der Waals surface area contributed by atoms with Crippen LogP contribution in [0.15, 0.2) is 6.20 Å². The van der Waals surface area contributed by atoms with E-state index in [0.717, 1.165) is 6.42 Å². The van der Waals surface area contributed by atoms with Crippen LogP contribution >= 0.6 is 0 Å². The highest BCUT2D eigenvalue weighted by Gasteiger charge is 2.11. The van der Waals surface area contributed by atoms with Crippen LogP contribution < -0.4 is 10.6 Å². The van der Waals surface area contributed by atoms with Crippen LogP contribution in [0.5, 0.6) is 0 Å². The number of imide groups is 1. The van der Waals surface area contributed by atoms with Gasteiger partial charge in [0.05, 0.1) is 12.3 Å². The molecule has 1 atom stereocenters. The summed E-state index contributed by atoms with van der Waals surface area (Å²) in [6.45, 7) is 3.84. The molecule has 3 amide bonds. The van der Waals surface area contributed by atoms with Gasteiger partial charge in [0.2, 0.25) is 5.91 Å². The molecule has 0 saturated heterocycles. The standard InChI is InChI=1S/C10H17N5O3/c1-3-4-11-10(18)12-9(17)6-15-5-8(7(2)16)13-14-15/h5,7,16H,3-4,6H2,1-2H3,(H2,11,12,17,18). The van der Waals surface area contributed by atoms with Gasteiger partial charge in [0.25, 0.3) is 0 Å². The fourth-order valence-electron chi connectivity index (χ4n) is 1.18. The van der Waals surface area contributed by atoms with Gasteiger partial charge in [-0.2, -0.15) is 0 Å². The Kier molecular flexibility index (Phi) is 5.25. The molecule has 18 heavy (non-hydrogen) atoms. The molecule has 1 heterocycles. The third-order valence-electron chi connectivity index (χ3n) is 2.08. The van der Waals surface area contributed by atoms with E-state index in [1.165, 1.54) is 10.9 Å². The van der Waals surface area contributed by atoms with Crippen molar-refractivity contribution in [1.29, 1.82) is 0 Å². The van der Waals surface area contributed by atoms with Crippen molar-refractivity contribution in [3.05, 3.63) is 11.9 Å². The summed E-state index contributed by atoms with van der Waals surface area (Å²) in [4.78, 5) is 22.6. The number of hydrogen-bond acceptors (Lipinski definition) is 5. The Hall–Kier alpha value is -1.96. The summed E-state index contributed by atoms with van der Waals surface area (Å²) in [6.07, 6.45) is 1.51. The minimum atomic E-state index is -0.741. The Morgan fingerprint density at radius 3 is 2.83 bits per heavy atom. The van der Waals surface area contributed by atoms with Gasteiger partial charge in [-0.3, -0.25) is 10.1 Å². The van der Waals surface area contributed by atoms with Gasteiger partial charge in [-0.1, -0.05) is 12.1 Å². The zero-order valence-electron chi connectivity index (χ0n) is 10.4. The van der Waals surface area contributed by atoms with Crippen molar-refractivity contribution in [3.8, 4) is 0 Å². The second-order valence-electron chi connectivity index (χ2n) is 3.82. The number of urea groups is 1. The number of hydrogen-bond donors (Lipinski definition) is 3. The molecule has 0 saturated carbocycles. The first-order valence-electron chi connectivity index (χ1n) is 5.68. The van der Waals surface area contributed by atoms with Crippen molar-refractivity contribution in [1.82, 2.24) is 25.6 Å². The smallest absolute Gasteiger partial charge is 0.321 e. The number of carbonyl (C=O) groups excluding carboxylic acids is 2. The van der Waals surface area contributed by atoms with Gasteiger partial charge in [0, 0.05) is 6.54 Å². The molecule has 0 radical (unpaired) electrons. The third-order valence-corrected chi connectivity index (χ3v) is 2.08. The molecule has 0 aromatic carbocycles. The van der Waals surface area contributed by atoms with E-state index in [2.05, 4.69) is 20.9 Å². The predicted molar refractivity (Wildman–Crippen MR) is 62.5 cm³/mol. The zero-order chi connectivity index (χ0) is 13.5. The average molecular weight is 255 g/mol. The number of carbonyl (C=O) groups is 2. The highest BCUT2D eigenvalue weighted by Crippen LogP contribution is 2.05. The van der Waals surface area contributed by atoms with E-state index in [0.29, 0.717) is 12.2 Å². The van der Waals surface area contributed by atoms with Crippen LogP contribution in [0.25, 0.3) is 0 Å². The largest absolute Gasteiger partial charge is 0.387 e. The van der Waals surface area contributed by atoms with Crippen LogP contribution in [-0.2, 0) is 11.3 Å². The minimum absolute atomic E-state index is 0.126. The lowest BCUT2D eigenvalue weighted by atomic mass is 10.3. The van der Waals surface area contributed by atoms with Crippen molar-refractivity contribution < 1.29 is 14.7 Å². The van der Waals surface area contributed by atoms with Crippen molar-refractivity contribution in [2.45, 2.75) is 32.9 Å². The number of nitrogens with zero attached hydrogens (tertiary/aromatic N) is 3. The molecule has 8 heteroatoms. The Morgan fingerprint density at radius 1 is 1.56 bits per heavy atom. The maximum absolute atomic E-state index is 11.4. The van der Waals surface area contributed by atoms with E-state index < -0.39 is 18.0 Å². The monoisotopic (exact) mass is 255 g/mol. The van der Waals surface area contributed by atoms with Crippen molar-refractivity contribution in [3.63, 3.8) is 0 Å². The Labute approximate surface area is 104 Å². The van der Waals surface area contributed by atoms with Gasteiger partial charge >= 0.3 is 6.03 Å². The van der Waals surface area contributed by atoms with Crippen LogP contribution in [-0.4, -0.2) is 38.6 Å². The van der Waals surface area contributed by atoms with E-state index in [-0.39, 0.29) is 6.54 Å². The van der Waals surface area contributed by atoms with E-state index in [4.69, 9.17) is 0 Å². The molecule has 0 aliphatic heterocycles. The van der Waals surface area contributed by atoms with Crippen LogP contribution in [0.4, 0.5) is 4.79 Å². The van der Waals surface area contributed by atoms with E-state index in [1.807, 2.05) is 6.92 Å². The molecule has 1 aromatic rings. The van der Waals surface area contributed by atoms with Gasteiger partial charge in [0.1, 0.15) is 12.2 Å². The van der Waals surface area contributed by atoms with E-state index in [1.54, 1.807) is 6.92 Å². The number of aromatic nitrogens is 3. The summed E-state index contributed by atoms with van der Waals surface area (Å²) in [7, 11) is 0. The first kappa shape index (κ1) is 14.1. The summed E-state index contributed by atoms with van der Waals surface area (Å²) >= 11 is 0. The highest BCUT2D eigenvalue weighted by molar-refractivity contribution is 5.94. The number of aliphatic hydroxyl groups excluding tert-OH is 1. The van der Waals surface area contributed by atoms with Crippen molar-refractivity contribution in [2.75, 3.05) is 6.54 Å². The van der Waals surface area contributed by atoms with Gasteiger partial charge < -0.3 is 10.4 Å². The molecule has 1 rings (SSSR count). The number of aliphatic hydroxyl groups is 1. The summed E-state index contributed by atoms with van der Waals surface area (Å²) < 4.78 is 1.25. The molecule has 0 fully saturated rings. The summed E-state index contributed by atoms with van der Waals surface area (Å²) in [5, 5.41) is 21.3. The van der Waals surface area contributed by atoms with E-state index >= 15 is 0 Å². The van der Waals surface area contributed by atoms with Gasteiger partial charge in [0.15, 0.2) is 0 Å². The molecule has 0 aliphatic rings. The summed E-state index contributed by atoms with van der Waals surface area (Å²) in [6, 6.07) is -0.530. The molecule has 0 bridgehead atoms. The summed E-state index contributed by atoms with van der Waals surface area (Å²) in [5.74, 6) is -0.495. The molecule has 0 spiro atoms. The van der Waals surface area contributed by atoms with Gasteiger partial charge in [-0.15, -0.1) is 5.10 Å². The predicted octanol–water partition coefficient (Wildman–Crippen LogP) is -0.433. The van der Waals surface area contributed by atoms with E-state index in [9.17, 15) is 14.7 Å². The van der Waals surface area contributed by atoms with Crippen molar-refractivity contribution in [2.24, 2.45) is 0 Å². The lowest BCUT2D eigenvalue weighted by Crippen LogP contribution is -2.41. The molecule has 100 valence electrons. The van der Waals surface area contributed by atoms with Gasteiger partial charge in [-0.05, 0) is 13.3 Å². The van der Waals surface area contributed by atoms with Crippen LogP contribution in [0, 0.1) is 0 Å². The maximum Gasteiger partial charge on any atom is 0.321 e. The molecule has 3 N–H and O–H groups in total. The van der Waals surface area contributed by atoms with Crippen LogP contribution in [0.3, 0.4) is 0 Å². The SMILES string of the molecule is CCCNC(=O)NC(=O)Cn1cc(C(C)O)nn1. The topological polar surface area (TPSA) is 109 Å². The third kappa shape index (κ3) is 4.50. The second kappa shape index (κ2) is 6.70. The first-order valence-corrected chi connectivity index (χ1v) is 5.68. The van der Waals surface area contributed by atoms with Crippen molar-refractivity contribution >= 4 is 11.9 Å². The number of rotatable bonds is 5. The lowest BCUT2D eigenvalue weighted by molar-refractivity contribution is -0.120. The first-order chi connectivity index (χ1) is 8.52. The van der Waals surface area contributed by atoms with Crippen LogP contribution in [0.1, 0.15) is 32.1 Å². The number of amides is 3. The zero-order valence-corrected chi connectivity index (χ0v) is 10.4. The average Bonchev–Trinajstić information content (AvgIpc) is 2.74. The lowest BCUT2D eigenvalue weighted by Gasteiger charge is -2.05. The fraction of sp³-hybridized carbons (Fsp3) is 0.600. The Morgan fingerprint density at radius 2 is 2.28 bits per heavy atom. The fourth-order valence-corrected chi connectivity index (χ4v) is 1.18. The molecule has 1 aromatic heterocycles. The molecular weight excluding hydrogens is 238 g/mol. The second-order valence-corrected chi connectivity index (χ2v) is 3.82. The molecular formula is C10H17N5O3. The number of nitrogens with one attached hydrogen (secondary N) is 2. The Bertz CT molecular complexity index is 415. The highest BCUT2D eigenvalue weighted by atomic mass is 16.3. The summed E-state index contributed by atoms with van der Waals surface area (Å²) in [5.41, 5.74) is 0.373. The maximum atomic E-state index is 11.4. The quantitative estimate of drug-likeness (QED) is 0.661. The molecule has 0 aliphatic carbocycles. The van der Waals surface area contributed by atoms with Gasteiger partial charge in [-0.25, -0.2) is 9.48 Å².